The zero-order valence-electron chi connectivity index (χ0n) is 29.7. The van der Waals surface area contributed by atoms with E-state index in [1.54, 1.807) is 29.2 Å². The van der Waals surface area contributed by atoms with E-state index in [-0.39, 0.29) is 62.7 Å². The van der Waals surface area contributed by atoms with Crippen molar-refractivity contribution in [3.05, 3.63) is 112 Å². The molecule has 0 aliphatic rings. The van der Waals surface area contributed by atoms with Crippen LogP contribution in [-0.4, -0.2) is 65.7 Å². The molecule has 0 aliphatic heterocycles. The number of amides is 3. The number of alkyl carbamates (subject to hydrolysis) is 1. The molecule has 0 saturated carbocycles. The van der Waals surface area contributed by atoms with Crippen LogP contribution in [0.15, 0.2) is 72.8 Å². The van der Waals surface area contributed by atoms with Crippen molar-refractivity contribution in [2.75, 3.05) is 19.6 Å². The number of nitrogens with zero attached hydrogens (tertiary/aromatic N) is 2. The zero-order valence-corrected chi connectivity index (χ0v) is 29.7. The molecule has 0 spiro atoms. The van der Waals surface area contributed by atoms with Crippen molar-refractivity contribution >= 4 is 17.9 Å². The molecule has 0 radical (unpaired) electrons. The second-order valence-corrected chi connectivity index (χ2v) is 12.1. The van der Waals surface area contributed by atoms with Crippen LogP contribution in [0.3, 0.4) is 0 Å². The smallest absolute Gasteiger partial charge is 0.647 e. The number of carbonyl (C=O) groups excluding carboxylic acids is 3. The summed E-state index contributed by atoms with van der Waals surface area (Å²) in [7, 11) is 0. The van der Waals surface area contributed by atoms with Gasteiger partial charge in [0.2, 0.25) is 5.91 Å². The maximum atomic E-state index is 14.1. The number of rotatable bonds is 20. The largest absolute Gasteiger partial charge is 1.00 e. The third-order valence-electron chi connectivity index (χ3n) is 7.98. The SMILES string of the molecule is CCCN(CCC)C(=O)CC[C@H](NC(=O)OCc1ccccc1)C(=O)[N-][C@@H](Cc1cc(F)cc(F)c1)[C@H](O)CNCc1cccc(CC)c1.[Li+]. The van der Waals surface area contributed by atoms with Gasteiger partial charge in [-0.25, -0.2) is 13.6 Å². The first-order valence-corrected chi connectivity index (χ1v) is 17.0. The van der Waals surface area contributed by atoms with E-state index in [4.69, 9.17) is 4.74 Å². The van der Waals surface area contributed by atoms with Crippen molar-refractivity contribution in [2.24, 2.45) is 0 Å². The predicted molar refractivity (Wildman–Crippen MR) is 186 cm³/mol. The predicted octanol–water partition coefficient (Wildman–Crippen LogP) is 3.22. The molecule has 3 atom stereocenters. The first kappa shape index (κ1) is 42.4. The van der Waals surface area contributed by atoms with Gasteiger partial charge in [0.25, 0.3) is 0 Å². The summed E-state index contributed by atoms with van der Waals surface area (Å²) < 4.78 is 33.5. The monoisotopic (exact) mass is 686 g/mol. The fourth-order valence-electron chi connectivity index (χ4n) is 5.44. The topological polar surface area (TPSA) is 122 Å². The quantitative estimate of drug-likeness (QED) is 0.157. The summed E-state index contributed by atoms with van der Waals surface area (Å²) in [6.45, 7) is 7.55. The molecule has 0 fully saturated rings. The Hall–Kier alpha value is -3.75. The first-order valence-electron chi connectivity index (χ1n) is 17.0. The van der Waals surface area contributed by atoms with Gasteiger partial charge in [-0.05, 0) is 66.5 Å². The molecule has 0 aromatic heterocycles. The Kier molecular flexibility index (Phi) is 19.4. The second-order valence-electron chi connectivity index (χ2n) is 12.1. The Morgan fingerprint density at radius 2 is 1.50 bits per heavy atom. The van der Waals surface area contributed by atoms with E-state index in [0.29, 0.717) is 19.6 Å². The molecule has 12 heteroatoms. The van der Waals surface area contributed by atoms with Crippen molar-refractivity contribution in [3.63, 3.8) is 0 Å². The molecule has 0 saturated heterocycles. The number of carbonyl (C=O) groups is 3. The number of hydrogen-bond acceptors (Lipinski definition) is 6. The third-order valence-corrected chi connectivity index (χ3v) is 7.98. The average Bonchev–Trinajstić information content (AvgIpc) is 3.08. The summed E-state index contributed by atoms with van der Waals surface area (Å²) in [4.78, 5) is 41.4. The fourth-order valence-corrected chi connectivity index (χ4v) is 5.44. The Morgan fingerprint density at radius 3 is 2.14 bits per heavy atom. The standard InChI is InChI=1S/C38H50F2N4O5.Li/c1-4-17-44(18-5-2)36(46)16-15-33(43-38(48)49-26-28-11-8-7-9-12-28)37(47)42-34(22-30-20-31(39)23-32(40)21-30)35(45)25-41-24-29-14-10-13-27(6-3)19-29;/h7-14,19-21,23,33-35,41,45H,4-6,15-18,22,24-26H2,1-3H3,(H2,42,43,47,48);/q;+1/p-1/t33-,34-,35+;/m0./s1. The molecule has 266 valence electrons. The number of hydrogen-bond donors (Lipinski definition) is 3. The molecule has 50 heavy (non-hydrogen) atoms. The molecule has 0 unspecified atom stereocenters. The molecule has 0 heterocycles. The zero-order chi connectivity index (χ0) is 35.6. The van der Waals surface area contributed by atoms with Gasteiger partial charge in [0, 0.05) is 38.7 Å². The van der Waals surface area contributed by atoms with Gasteiger partial charge in [0.1, 0.15) is 18.2 Å². The van der Waals surface area contributed by atoms with Gasteiger partial charge in [0.05, 0.1) is 18.1 Å². The van der Waals surface area contributed by atoms with E-state index in [1.807, 2.05) is 38.1 Å². The third kappa shape index (κ3) is 15.0. The summed E-state index contributed by atoms with van der Waals surface area (Å²) in [6, 6.07) is 17.6. The molecule has 9 nitrogen and oxygen atoms in total. The average molecular weight is 687 g/mol. The van der Waals surface area contributed by atoms with Crippen LogP contribution in [0.1, 0.15) is 68.7 Å². The molecule has 0 bridgehead atoms. The minimum Gasteiger partial charge on any atom is -0.647 e. The molecular weight excluding hydrogens is 637 g/mol. The Balaban J connectivity index is 0.00000867. The van der Waals surface area contributed by atoms with Gasteiger partial charge in [-0.2, -0.15) is 0 Å². The van der Waals surface area contributed by atoms with Crippen LogP contribution >= 0.6 is 0 Å². The fraction of sp³-hybridized carbons (Fsp3) is 0.447. The number of aliphatic hydroxyl groups is 1. The normalized spacial score (nSPS) is 12.6. The van der Waals surface area contributed by atoms with Crippen molar-refractivity contribution in [1.29, 1.82) is 0 Å². The van der Waals surface area contributed by atoms with E-state index in [1.165, 1.54) is 5.56 Å². The van der Waals surface area contributed by atoms with Gasteiger partial charge in [-0.15, -0.1) is 0 Å². The van der Waals surface area contributed by atoms with Crippen molar-refractivity contribution in [2.45, 2.75) is 90.6 Å². The van der Waals surface area contributed by atoms with Gasteiger partial charge in [0.15, 0.2) is 0 Å². The van der Waals surface area contributed by atoms with E-state index in [9.17, 15) is 28.3 Å². The van der Waals surface area contributed by atoms with Crippen LogP contribution in [0, 0.1) is 11.6 Å². The van der Waals surface area contributed by atoms with Crippen molar-refractivity contribution < 1.29 is 51.9 Å². The summed E-state index contributed by atoms with van der Waals surface area (Å²) in [6.07, 6.45) is 0.0580. The number of aryl methyl sites for hydroxylation is 1. The van der Waals surface area contributed by atoms with E-state index in [0.717, 1.165) is 48.6 Å². The van der Waals surface area contributed by atoms with Crippen LogP contribution in [0.5, 0.6) is 0 Å². The maximum Gasteiger partial charge on any atom is 1.00 e. The molecular formula is C38H49F2LiN4O5. The van der Waals surface area contributed by atoms with Crippen LogP contribution in [0.2, 0.25) is 0 Å². The van der Waals surface area contributed by atoms with Gasteiger partial charge >= 0.3 is 25.0 Å². The summed E-state index contributed by atoms with van der Waals surface area (Å²) in [5.41, 5.74) is 3.12. The van der Waals surface area contributed by atoms with Crippen LogP contribution < -0.4 is 29.5 Å². The molecule has 3 aromatic carbocycles. The Labute approximate surface area is 306 Å². The molecule has 0 aliphatic carbocycles. The molecule has 3 N–H and O–H groups in total. The van der Waals surface area contributed by atoms with Crippen molar-refractivity contribution in [3.8, 4) is 0 Å². The van der Waals surface area contributed by atoms with E-state index >= 15 is 0 Å². The second kappa shape index (κ2) is 22.9. The number of nitrogens with one attached hydrogen (secondary N) is 2. The number of aliphatic hydroxyl groups excluding tert-OH is 1. The number of benzene rings is 3. The first-order chi connectivity index (χ1) is 23.6. The summed E-state index contributed by atoms with van der Waals surface area (Å²) in [5, 5.41) is 21.3. The molecule has 3 rings (SSSR count). The minimum atomic E-state index is -1.25. The minimum absolute atomic E-state index is 0. The molecule has 3 amide bonds. The van der Waals surface area contributed by atoms with Crippen LogP contribution in [0.4, 0.5) is 13.6 Å². The maximum absolute atomic E-state index is 14.1. The van der Waals surface area contributed by atoms with Gasteiger partial charge < -0.3 is 35.5 Å². The Bertz CT molecular complexity index is 1460. The number of halogens is 2. The Morgan fingerprint density at radius 1 is 0.860 bits per heavy atom. The van der Waals surface area contributed by atoms with Gasteiger partial charge in [-0.3, -0.25) is 4.79 Å². The van der Waals surface area contributed by atoms with E-state index in [2.05, 4.69) is 28.9 Å². The van der Waals surface area contributed by atoms with E-state index < -0.39 is 41.8 Å². The number of ether oxygens (including phenoxy) is 1. The van der Waals surface area contributed by atoms with Crippen LogP contribution in [0.25, 0.3) is 5.32 Å². The van der Waals surface area contributed by atoms with Crippen molar-refractivity contribution in [1.82, 2.24) is 15.5 Å². The molecule has 3 aromatic rings. The summed E-state index contributed by atoms with van der Waals surface area (Å²) >= 11 is 0. The van der Waals surface area contributed by atoms with Crippen LogP contribution in [-0.2, 0) is 40.3 Å². The summed E-state index contributed by atoms with van der Waals surface area (Å²) in [5.74, 6) is -2.56. The van der Waals surface area contributed by atoms with Gasteiger partial charge in [-0.1, -0.05) is 81.4 Å².